The molecule has 7 heteroatoms. The fourth-order valence-electron chi connectivity index (χ4n) is 2.53. The largest absolute Gasteiger partial charge is 0.464 e. The van der Waals surface area contributed by atoms with Crippen LogP contribution in [0.1, 0.15) is 37.7 Å². The number of sulfonamides is 1. The number of furan rings is 1. The van der Waals surface area contributed by atoms with Gasteiger partial charge in [0.15, 0.2) is 0 Å². The van der Waals surface area contributed by atoms with Crippen molar-refractivity contribution in [1.29, 1.82) is 0 Å². The van der Waals surface area contributed by atoms with Crippen LogP contribution < -0.4 is 0 Å². The minimum absolute atomic E-state index is 0.0202. The van der Waals surface area contributed by atoms with Crippen molar-refractivity contribution in [3.63, 3.8) is 0 Å². The van der Waals surface area contributed by atoms with Crippen LogP contribution in [0.4, 0.5) is 0 Å². The molecule has 0 aliphatic carbocycles. The van der Waals surface area contributed by atoms with E-state index in [2.05, 4.69) is 0 Å². The molecule has 1 atom stereocenters. The molecule has 1 fully saturated rings. The van der Waals surface area contributed by atoms with Gasteiger partial charge < -0.3 is 9.15 Å². The van der Waals surface area contributed by atoms with E-state index in [1.165, 1.54) is 10.4 Å². The summed E-state index contributed by atoms with van der Waals surface area (Å²) in [7, 11) is -3.54. The minimum Gasteiger partial charge on any atom is -0.464 e. The Hall–Kier alpha value is -0.560. The molecule has 1 aliphatic rings. The monoisotopic (exact) mass is 335 g/mol. The van der Waals surface area contributed by atoms with Crippen LogP contribution in [0.25, 0.3) is 0 Å². The third-order valence-corrected chi connectivity index (χ3v) is 5.81. The number of halogens is 1. The van der Waals surface area contributed by atoms with Crippen molar-refractivity contribution in [2.75, 3.05) is 19.7 Å². The van der Waals surface area contributed by atoms with Gasteiger partial charge in [-0.3, -0.25) is 0 Å². The Bertz CT molecular complexity index is 570. The third-order valence-electron chi connectivity index (χ3n) is 3.57. The quantitative estimate of drug-likeness (QED) is 0.750. The second-order valence-corrected chi connectivity index (χ2v) is 7.44. The molecule has 1 aliphatic heterocycles. The molecule has 120 valence electrons. The molecule has 0 aromatic carbocycles. The lowest BCUT2D eigenvalue weighted by atomic mass is 10.1. The first-order chi connectivity index (χ1) is 9.98. The zero-order valence-electron chi connectivity index (χ0n) is 12.5. The average Bonchev–Trinajstić information content (AvgIpc) is 2.87. The van der Waals surface area contributed by atoms with Crippen LogP contribution >= 0.6 is 11.6 Å². The van der Waals surface area contributed by atoms with Crippen LogP contribution in [-0.4, -0.2) is 38.5 Å². The van der Waals surface area contributed by atoms with Crippen LogP contribution in [-0.2, 0) is 20.6 Å². The predicted octanol–water partition coefficient (Wildman–Crippen LogP) is 2.91. The zero-order chi connectivity index (χ0) is 15.5. The molecule has 0 bridgehead atoms. The number of hydrogen-bond donors (Lipinski definition) is 0. The topological polar surface area (TPSA) is 59.8 Å². The Labute approximate surface area is 131 Å². The van der Waals surface area contributed by atoms with Crippen molar-refractivity contribution in [3.8, 4) is 0 Å². The van der Waals surface area contributed by atoms with E-state index in [1.807, 2.05) is 6.92 Å². The molecule has 0 radical (unpaired) electrons. The molecule has 2 rings (SSSR count). The number of ether oxygens (including phenoxy) is 1. The number of alkyl halides is 1. The number of hydrogen-bond acceptors (Lipinski definition) is 4. The Kier molecular flexibility index (Phi) is 5.71. The lowest BCUT2D eigenvalue weighted by Gasteiger charge is -2.31. The Balaban J connectivity index is 2.16. The summed E-state index contributed by atoms with van der Waals surface area (Å²) in [5.74, 6) is 1.03. The van der Waals surface area contributed by atoms with Gasteiger partial charge in [-0.2, -0.15) is 4.31 Å². The van der Waals surface area contributed by atoms with Crippen molar-refractivity contribution >= 4 is 21.6 Å². The van der Waals surface area contributed by atoms with Crippen LogP contribution in [0.3, 0.4) is 0 Å². The Morgan fingerprint density at radius 3 is 2.90 bits per heavy atom. The molecule has 1 aromatic rings. The van der Waals surface area contributed by atoms with E-state index in [0.717, 1.165) is 19.3 Å². The molecule has 21 heavy (non-hydrogen) atoms. The molecule has 1 saturated heterocycles. The molecule has 2 heterocycles. The second-order valence-electron chi connectivity index (χ2n) is 5.26. The van der Waals surface area contributed by atoms with Gasteiger partial charge in [-0.15, -0.1) is 11.6 Å². The van der Waals surface area contributed by atoms with Gasteiger partial charge in [-0.1, -0.05) is 6.92 Å². The lowest BCUT2D eigenvalue weighted by Crippen LogP contribution is -2.43. The highest BCUT2D eigenvalue weighted by molar-refractivity contribution is 7.89. The molecule has 0 amide bonds. The molecule has 0 spiro atoms. The zero-order valence-corrected chi connectivity index (χ0v) is 14.0. The summed E-state index contributed by atoms with van der Waals surface area (Å²) in [5, 5.41) is 0. The smallest absolute Gasteiger partial charge is 0.246 e. The highest BCUT2D eigenvalue weighted by Gasteiger charge is 2.33. The normalized spacial score (nSPS) is 20.8. The van der Waals surface area contributed by atoms with Gasteiger partial charge in [-0.05, 0) is 26.2 Å². The summed E-state index contributed by atoms with van der Waals surface area (Å²) < 4.78 is 38.0. The Morgan fingerprint density at radius 1 is 1.52 bits per heavy atom. The number of rotatable bonds is 6. The van der Waals surface area contributed by atoms with E-state index in [9.17, 15) is 8.42 Å². The maximum absolute atomic E-state index is 12.7. The first-order valence-electron chi connectivity index (χ1n) is 7.26. The fraction of sp³-hybridized carbons (Fsp3) is 0.714. The summed E-state index contributed by atoms with van der Waals surface area (Å²) in [6.45, 7) is 5.29. The maximum Gasteiger partial charge on any atom is 0.246 e. The molecule has 0 N–H and O–H groups in total. The van der Waals surface area contributed by atoms with Gasteiger partial charge >= 0.3 is 0 Å². The predicted molar refractivity (Wildman–Crippen MR) is 81.0 cm³/mol. The van der Waals surface area contributed by atoms with Gasteiger partial charge in [0, 0.05) is 25.8 Å². The van der Waals surface area contributed by atoms with Gasteiger partial charge in [0.25, 0.3) is 0 Å². The molecular weight excluding hydrogens is 314 g/mol. The maximum atomic E-state index is 12.7. The molecule has 5 nitrogen and oxygen atoms in total. The summed E-state index contributed by atoms with van der Waals surface area (Å²) in [4.78, 5) is 0.217. The number of nitrogens with zero attached hydrogens (tertiary/aromatic N) is 1. The van der Waals surface area contributed by atoms with Crippen molar-refractivity contribution in [1.82, 2.24) is 4.31 Å². The standard InChI is InChI=1S/C14H22ClNO4S/c1-3-7-19-12-5-4-6-16(10-12)21(17,18)14-8-13(9-15)20-11(14)2/h8,12H,3-7,9-10H2,1-2H3. The summed E-state index contributed by atoms with van der Waals surface area (Å²) in [6.07, 6.45) is 2.63. The lowest BCUT2D eigenvalue weighted by molar-refractivity contribution is 0.0193. The molecule has 1 unspecified atom stereocenters. The van der Waals surface area contributed by atoms with Gasteiger partial charge in [0.1, 0.15) is 16.4 Å². The van der Waals surface area contributed by atoms with Crippen molar-refractivity contribution in [2.45, 2.75) is 50.0 Å². The molecular formula is C14H22ClNO4S. The number of piperidine rings is 1. The SMILES string of the molecule is CCCOC1CCCN(S(=O)(=O)c2cc(CCl)oc2C)C1. The Morgan fingerprint density at radius 2 is 2.29 bits per heavy atom. The first-order valence-corrected chi connectivity index (χ1v) is 9.23. The van der Waals surface area contributed by atoms with Crippen molar-refractivity contribution in [3.05, 3.63) is 17.6 Å². The number of aryl methyl sites for hydroxylation is 1. The fourth-order valence-corrected chi connectivity index (χ4v) is 4.36. The second kappa shape index (κ2) is 7.13. The van der Waals surface area contributed by atoms with Crippen LogP contribution in [0.5, 0.6) is 0 Å². The molecule has 1 aromatic heterocycles. The molecule has 0 saturated carbocycles. The van der Waals surface area contributed by atoms with Gasteiger partial charge in [0.2, 0.25) is 10.0 Å². The van der Waals surface area contributed by atoms with Crippen molar-refractivity contribution < 1.29 is 17.6 Å². The van der Waals surface area contributed by atoms with Crippen molar-refractivity contribution in [2.24, 2.45) is 0 Å². The first kappa shape index (κ1) is 16.8. The van der Waals surface area contributed by atoms with E-state index in [-0.39, 0.29) is 16.9 Å². The average molecular weight is 336 g/mol. The van der Waals surface area contributed by atoms with E-state index in [0.29, 0.717) is 31.2 Å². The third kappa shape index (κ3) is 3.80. The van der Waals surface area contributed by atoms with Crippen LogP contribution in [0.2, 0.25) is 0 Å². The summed E-state index contributed by atoms with van der Waals surface area (Å²) >= 11 is 5.71. The summed E-state index contributed by atoms with van der Waals surface area (Å²) in [5.41, 5.74) is 0. The summed E-state index contributed by atoms with van der Waals surface area (Å²) in [6, 6.07) is 1.52. The van der Waals surface area contributed by atoms with Gasteiger partial charge in [-0.25, -0.2) is 8.42 Å². The van der Waals surface area contributed by atoms with E-state index < -0.39 is 10.0 Å². The van der Waals surface area contributed by atoms with E-state index >= 15 is 0 Å². The van der Waals surface area contributed by atoms with E-state index in [1.54, 1.807) is 6.92 Å². The highest BCUT2D eigenvalue weighted by atomic mass is 35.5. The highest BCUT2D eigenvalue weighted by Crippen LogP contribution is 2.27. The van der Waals surface area contributed by atoms with Gasteiger partial charge in [0.05, 0.1) is 12.0 Å². The minimum atomic E-state index is -3.54. The van der Waals surface area contributed by atoms with E-state index in [4.69, 9.17) is 20.8 Å². The van der Waals surface area contributed by atoms with Crippen LogP contribution in [0, 0.1) is 6.92 Å². The van der Waals surface area contributed by atoms with Crippen LogP contribution in [0.15, 0.2) is 15.4 Å².